The molecule has 0 radical (unpaired) electrons. The van der Waals surface area contributed by atoms with Crippen LogP contribution in [0.2, 0.25) is 0 Å². The fraction of sp³-hybridized carbons (Fsp3) is 0.538. The van der Waals surface area contributed by atoms with Crippen LogP contribution in [0.4, 0.5) is 13.2 Å². The van der Waals surface area contributed by atoms with Crippen LogP contribution in [0.1, 0.15) is 24.4 Å². The molecule has 1 saturated heterocycles. The van der Waals surface area contributed by atoms with Gasteiger partial charge in [-0.25, -0.2) is 0 Å². The SMILES string of the molecule is CN1CC[C@@H](OC(F)(F)F)C[C@H]1c1ccccc1. The summed E-state index contributed by atoms with van der Waals surface area (Å²) in [7, 11) is 1.93. The van der Waals surface area contributed by atoms with Crippen molar-refractivity contribution in [3.63, 3.8) is 0 Å². The molecule has 18 heavy (non-hydrogen) atoms. The van der Waals surface area contributed by atoms with Gasteiger partial charge in [0.05, 0.1) is 6.10 Å². The summed E-state index contributed by atoms with van der Waals surface area (Å²) in [5, 5.41) is 0. The van der Waals surface area contributed by atoms with E-state index in [1.165, 1.54) is 0 Å². The number of ether oxygens (including phenoxy) is 1. The van der Waals surface area contributed by atoms with Crippen LogP contribution >= 0.6 is 0 Å². The van der Waals surface area contributed by atoms with Gasteiger partial charge in [0, 0.05) is 12.6 Å². The van der Waals surface area contributed by atoms with Crippen molar-refractivity contribution in [1.29, 1.82) is 0 Å². The highest BCUT2D eigenvalue weighted by molar-refractivity contribution is 5.19. The van der Waals surface area contributed by atoms with Crippen molar-refractivity contribution in [2.24, 2.45) is 0 Å². The second-order valence-corrected chi connectivity index (χ2v) is 4.62. The molecule has 2 nitrogen and oxygen atoms in total. The van der Waals surface area contributed by atoms with Crippen LogP contribution in [0.3, 0.4) is 0 Å². The van der Waals surface area contributed by atoms with Gasteiger partial charge in [0.25, 0.3) is 0 Å². The lowest BCUT2D eigenvalue weighted by Gasteiger charge is -2.37. The molecule has 0 spiro atoms. The third-order valence-corrected chi connectivity index (χ3v) is 3.31. The van der Waals surface area contributed by atoms with Crippen LogP contribution < -0.4 is 0 Å². The van der Waals surface area contributed by atoms with Gasteiger partial charge >= 0.3 is 6.36 Å². The molecule has 100 valence electrons. The molecule has 1 aromatic carbocycles. The zero-order valence-corrected chi connectivity index (χ0v) is 10.2. The molecule has 0 aliphatic carbocycles. The smallest absolute Gasteiger partial charge is 0.299 e. The summed E-state index contributed by atoms with van der Waals surface area (Å²) in [5.41, 5.74) is 1.04. The standard InChI is InChI=1S/C13H16F3NO/c1-17-8-7-11(18-13(14,15)16)9-12(17)10-5-3-2-4-6-10/h2-6,11-12H,7-9H2,1H3/t11-,12+/m1/s1. The highest BCUT2D eigenvalue weighted by atomic mass is 19.4. The van der Waals surface area contributed by atoms with Gasteiger partial charge in [-0.3, -0.25) is 9.64 Å². The van der Waals surface area contributed by atoms with E-state index in [1.54, 1.807) is 0 Å². The maximum Gasteiger partial charge on any atom is 0.522 e. The summed E-state index contributed by atoms with van der Waals surface area (Å²) in [6.45, 7) is 0.611. The maximum atomic E-state index is 12.2. The van der Waals surface area contributed by atoms with Crippen molar-refractivity contribution >= 4 is 0 Å². The van der Waals surface area contributed by atoms with Gasteiger partial charge in [-0.15, -0.1) is 13.2 Å². The molecule has 1 aliphatic rings. The molecule has 2 atom stereocenters. The summed E-state index contributed by atoms with van der Waals surface area (Å²) in [4.78, 5) is 2.07. The molecule has 1 aliphatic heterocycles. The molecule has 0 aromatic heterocycles. The molecular formula is C13H16F3NO. The molecule has 0 unspecified atom stereocenters. The summed E-state index contributed by atoms with van der Waals surface area (Å²) < 4.78 is 40.8. The van der Waals surface area contributed by atoms with Crippen molar-refractivity contribution in [1.82, 2.24) is 4.90 Å². The first kappa shape index (κ1) is 13.4. The third kappa shape index (κ3) is 3.46. The number of nitrogens with zero attached hydrogens (tertiary/aromatic N) is 1. The fourth-order valence-corrected chi connectivity index (χ4v) is 2.41. The molecule has 2 rings (SSSR count). The fourth-order valence-electron chi connectivity index (χ4n) is 2.41. The molecular weight excluding hydrogens is 243 g/mol. The first-order chi connectivity index (χ1) is 8.46. The van der Waals surface area contributed by atoms with E-state index >= 15 is 0 Å². The molecule has 1 heterocycles. The number of hydrogen-bond donors (Lipinski definition) is 0. The van der Waals surface area contributed by atoms with Crippen LogP contribution in [0.15, 0.2) is 30.3 Å². The average Bonchev–Trinajstić information content (AvgIpc) is 2.31. The molecule has 1 fully saturated rings. The van der Waals surface area contributed by atoms with Gasteiger partial charge in [-0.2, -0.15) is 0 Å². The Bertz CT molecular complexity index is 380. The molecule has 0 N–H and O–H groups in total. The van der Waals surface area contributed by atoms with E-state index in [4.69, 9.17) is 0 Å². The Kier molecular flexibility index (Phi) is 3.92. The number of likely N-dealkylation sites (tertiary alicyclic amines) is 1. The number of hydrogen-bond acceptors (Lipinski definition) is 2. The van der Waals surface area contributed by atoms with Gasteiger partial charge < -0.3 is 0 Å². The first-order valence-electron chi connectivity index (χ1n) is 5.95. The molecule has 5 heteroatoms. The van der Waals surface area contributed by atoms with Crippen molar-refractivity contribution in [2.75, 3.05) is 13.6 Å². The van der Waals surface area contributed by atoms with Crippen LogP contribution in [0.25, 0.3) is 0 Å². The maximum absolute atomic E-state index is 12.2. The van der Waals surface area contributed by atoms with Gasteiger partial charge in [-0.1, -0.05) is 30.3 Å². The van der Waals surface area contributed by atoms with Gasteiger partial charge in [0.15, 0.2) is 0 Å². The minimum atomic E-state index is -4.54. The predicted molar refractivity (Wildman–Crippen MR) is 62.0 cm³/mol. The normalized spacial score (nSPS) is 26.2. The first-order valence-corrected chi connectivity index (χ1v) is 5.95. The molecule has 0 saturated carbocycles. The van der Waals surface area contributed by atoms with Crippen molar-refractivity contribution in [2.45, 2.75) is 31.3 Å². The lowest BCUT2D eigenvalue weighted by Crippen LogP contribution is -2.39. The van der Waals surface area contributed by atoms with Crippen molar-refractivity contribution in [3.05, 3.63) is 35.9 Å². The van der Waals surface area contributed by atoms with Gasteiger partial charge in [0.2, 0.25) is 0 Å². The van der Waals surface area contributed by atoms with E-state index < -0.39 is 12.5 Å². The summed E-state index contributed by atoms with van der Waals surface area (Å²) in [6.07, 6.45) is -4.49. The third-order valence-electron chi connectivity index (χ3n) is 3.31. The van der Waals surface area contributed by atoms with E-state index in [9.17, 15) is 13.2 Å². The Hall–Kier alpha value is -1.07. The van der Waals surface area contributed by atoms with E-state index in [0.717, 1.165) is 5.56 Å². The van der Waals surface area contributed by atoms with E-state index in [-0.39, 0.29) is 6.04 Å². The predicted octanol–water partition coefficient (Wildman–Crippen LogP) is 3.36. The Morgan fingerprint density at radius 2 is 1.89 bits per heavy atom. The lowest BCUT2D eigenvalue weighted by atomic mass is 9.94. The number of halogens is 3. The minimum absolute atomic E-state index is 0.00713. The van der Waals surface area contributed by atoms with Gasteiger partial charge in [-0.05, 0) is 25.5 Å². The van der Waals surface area contributed by atoms with Crippen LogP contribution in [0, 0.1) is 0 Å². The monoisotopic (exact) mass is 259 g/mol. The Balaban J connectivity index is 2.06. The van der Waals surface area contributed by atoms with Crippen molar-refractivity contribution < 1.29 is 17.9 Å². The highest BCUT2D eigenvalue weighted by Crippen LogP contribution is 2.33. The van der Waals surface area contributed by atoms with Gasteiger partial charge in [0.1, 0.15) is 0 Å². The Morgan fingerprint density at radius 1 is 1.22 bits per heavy atom. The Labute approximate surface area is 104 Å². The number of alkyl halides is 3. The van der Waals surface area contributed by atoms with Crippen LogP contribution in [-0.4, -0.2) is 31.0 Å². The van der Waals surface area contributed by atoms with Crippen molar-refractivity contribution in [3.8, 4) is 0 Å². The summed E-state index contributed by atoms with van der Waals surface area (Å²) in [6, 6.07) is 9.58. The van der Waals surface area contributed by atoms with E-state index in [2.05, 4.69) is 9.64 Å². The van der Waals surface area contributed by atoms with E-state index in [0.29, 0.717) is 19.4 Å². The summed E-state index contributed by atoms with van der Waals surface area (Å²) >= 11 is 0. The zero-order valence-electron chi connectivity index (χ0n) is 10.2. The minimum Gasteiger partial charge on any atom is -0.299 e. The Morgan fingerprint density at radius 3 is 2.50 bits per heavy atom. The second-order valence-electron chi connectivity index (χ2n) is 4.62. The topological polar surface area (TPSA) is 12.5 Å². The molecule has 0 bridgehead atoms. The quantitative estimate of drug-likeness (QED) is 0.807. The molecule has 1 aromatic rings. The molecule has 0 amide bonds. The number of piperidine rings is 1. The van der Waals surface area contributed by atoms with E-state index in [1.807, 2.05) is 37.4 Å². The number of rotatable bonds is 2. The second kappa shape index (κ2) is 5.28. The highest BCUT2D eigenvalue weighted by Gasteiger charge is 2.37. The largest absolute Gasteiger partial charge is 0.522 e. The van der Waals surface area contributed by atoms with Crippen LogP contribution in [0.5, 0.6) is 0 Å². The van der Waals surface area contributed by atoms with Crippen LogP contribution in [-0.2, 0) is 4.74 Å². The number of benzene rings is 1. The lowest BCUT2D eigenvalue weighted by molar-refractivity contribution is -0.347. The zero-order chi connectivity index (χ0) is 13.2. The average molecular weight is 259 g/mol. The summed E-state index contributed by atoms with van der Waals surface area (Å²) in [5.74, 6) is 0.